The van der Waals surface area contributed by atoms with Crippen molar-refractivity contribution in [3.8, 4) is 0 Å². The van der Waals surface area contributed by atoms with Crippen molar-refractivity contribution in [3.63, 3.8) is 0 Å². The minimum absolute atomic E-state index is 1.01. The first-order chi connectivity index (χ1) is 7.11. The van der Waals surface area contributed by atoms with Gasteiger partial charge in [0, 0.05) is 11.1 Å². The largest absolute Gasteiger partial charge is 0.253 e. The summed E-state index contributed by atoms with van der Waals surface area (Å²) in [6.07, 6.45) is 1.01. The van der Waals surface area contributed by atoms with Crippen LogP contribution in [-0.2, 0) is 6.42 Å². The summed E-state index contributed by atoms with van der Waals surface area (Å²) in [5.74, 6) is 0. The number of aromatic nitrogens is 1. The van der Waals surface area contributed by atoms with Crippen molar-refractivity contribution in [2.45, 2.75) is 34.1 Å². The van der Waals surface area contributed by atoms with Gasteiger partial charge in [-0.15, -0.1) is 0 Å². The molecule has 0 spiro atoms. The third kappa shape index (κ3) is 1.74. The number of fused-ring (bicyclic) bond motifs is 1. The van der Waals surface area contributed by atoms with Gasteiger partial charge in [-0.25, -0.2) is 0 Å². The van der Waals surface area contributed by atoms with E-state index in [9.17, 15) is 0 Å². The van der Waals surface area contributed by atoms with Gasteiger partial charge in [-0.2, -0.15) is 0 Å². The summed E-state index contributed by atoms with van der Waals surface area (Å²) in [5.41, 5.74) is 6.26. The molecule has 1 aromatic carbocycles. The molecule has 15 heavy (non-hydrogen) atoms. The highest BCUT2D eigenvalue weighted by Crippen LogP contribution is 2.21. The highest BCUT2D eigenvalue weighted by Gasteiger charge is 2.04. The Bertz CT molecular complexity index is 512. The highest BCUT2D eigenvalue weighted by atomic mass is 14.7. The molecule has 0 bridgehead atoms. The normalized spacial score (nSPS) is 10.9. The van der Waals surface area contributed by atoms with Crippen LogP contribution in [0.5, 0.6) is 0 Å². The predicted octanol–water partition coefficient (Wildman–Crippen LogP) is 3.72. The summed E-state index contributed by atoms with van der Waals surface area (Å²) in [4.78, 5) is 4.71. The Morgan fingerprint density at radius 2 is 1.73 bits per heavy atom. The van der Waals surface area contributed by atoms with Gasteiger partial charge in [0.05, 0.1) is 5.52 Å². The molecule has 0 atom stereocenters. The van der Waals surface area contributed by atoms with Crippen molar-refractivity contribution in [1.82, 2.24) is 4.98 Å². The summed E-state index contributed by atoms with van der Waals surface area (Å²) < 4.78 is 0. The predicted molar refractivity (Wildman–Crippen MR) is 65.3 cm³/mol. The zero-order chi connectivity index (χ0) is 11.0. The first-order valence-electron chi connectivity index (χ1n) is 5.49. The van der Waals surface area contributed by atoms with Gasteiger partial charge in [0.1, 0.15) is 0 Å². The fraction of sp³-hybridized carbons (Fsp3) is 0.357. The van der Waals surface area contributed by atoms with Crippen LogP contribution in [0.3, 0.4) is 0 Å². The van der Waals surface area contributed by atoms with E-state index in [4.69, 9.17) is 4.98 Å². The number of hydrogen-bond donors (Lipinski definition) is 0. The van der Waals surface area contributed by atoms with Gasteiger partial charge in [-0.3, -0.25) is 4.98 Å². The Morgan fingerprint density at radius 1 is 1.00 bits per heavy atom. The molecule has 1 aromatic heterocycles. The van der Waals surface area contributed by atoms with E-state index in [1.807, 2.05) is 0 Å². The Balaban J connectivity index is 2.81. The van der Waals surface area contributed by atoms with Crippen LogP contribution >= 0.6 is 0 Å². The van der Waals surface area contributed by atoms with E-state index in [1.54, 1.807) is 0 Å². The average Bonchev–Trinajstić information content (AvgIpc) is 2.18. The molecule has 0 aliphatic rings. The SMILES string of the molecule is CCc1nc2cc(C)cc(C)c2cc1C. The molecule has 0 saturated heterocycles. The third-order valence-corrected chi connectivity index (χ3v) is 2.92. The molecular formula is C14H17N. The Kier molecular flexibility index (Phi) is 2.47. The zero-order valence-corrected chi connectivity index (χ0v) is 9.89. The van der Waals surface area contributed by atoms with Gasteiger partial charge in [0.2, 0.25) is 0 Å². The quantitative estimate of drug-likeness (QED) is 0.682. The molecule has 2 rings (SSSR count). The van der Waals surface area contributed by atoms with E-state index >= 15 is 0 Å². The molecule has 0 unspecified atom stereocenters. The fourth-order valence-corrected chi connectivity index (χ4v) is 2.13. The van der Waals surface area contributed by atoms with Gasteiger partial charge in [0.15, 0.2) is 0 Å². The van der Waals surface area contributed by atoms with Gasteiger partial charge >= 0.3 is 0 Å². The summed E-state index contributed by atoms with van der Waals surface area (Å²) in [5, 5.41) is 1.29. The minimum atomic E-state index is 1.01. The maximum Gasteiger partial charge on any atom is 0.0710 e. The van der Waals surface area contributed by atoms with Gasteiger partial charge in [-0.05, 0) is 56.0 Å². The number of pyridine rings is 1. The van der Waals surface area contributed by atoms with Crippen LogP contribution in [0.2, 0.25) is 0 Å². The molecule has 0 fully saturated rings. The Hall–Kier alpha value is -1.37. The standard InChI is InChI=1S/C14H17N/c1-5-13-11(4)8-12-10(3)6-9(2)7-14(12)15-13/h6-8H,5H2,1-4H3. The molecule has 0 aliphatic carbocycles. The van der Waals surface area contributed by atoms with Crippen LogP contribution in [0.1, 0.15) is 29.3 Å². The summed E-state index contributed by atoms with van der Waals surface area (Å²) in [6, 6.07) is 6.64. The Morgan fingerprint density at radius 3 is 2.40 bits per heavy atom. The molecule has 0 saturated carbocycles. The van der Waals surface area contributed by atoms with E-state index in [0.29, 0.717) is 0 Å². The van der Waals surface area contributed by atoms with Crippen LogP contribution in [0.15, 0.2) is 18.2 Å². The fourth-order valence-electron chi connectivity index (χ4n) is 2.13. The van der Waals surface area contributed by atoms with Crippen LogP contribution in [0.25, 0.3) is 10.9 Å². The van der Waals surface area contributed by atoms with Gasteiger partial charge in [0.25, 0.3) is 0 Å². The van der Waals surface area contributed by atoms with Crippen molar-refractivity contribution >= 4 is 10.9 Å². The number of nitrogens with zero attached hydrogens (tertiary/aromatic N) is 1. The molecule has 1 heterocycles. The highest BCUT2D eigenvalue weighted by molar-refractivity contribution is 5.83. The summed E-state index contributed by atoms with van der Waals surface area (Å²) in [6.45, 7) is 8.58. The monoisotopic (exact) mass is 199 g/mol. The number of rotatable bonds is 1. The van der Waals surface area contributed by atoms with E-state index in [0.717, 1.165) is 11.9 Å². The molecular weight excluding hydrogens is 182 g/mol. The molecule has 2 aromatic rings. The van der Waals surface area contributed by atoms with Gasteiger partial charge < -0.3 is 0 Å². The van der Waals surface area contributed by atoms with E-state index in [-0.39, 0.29) is 0 Å². The second-order valence-electron chi connectivity index (χ2n) is 4.25. The second kappa shape index (κ2) is 3.65. The maximum atomic E-state index is 4.71. The van der Waals surface area contributed by atoms with Crippen molar-refractivity contribution in [3.05, 3.63) is 40.6 Å². The second-order valence-corrected chi connectivity index (χ2v) is 4.25. The van der Waals surface area contributed by atoms with Crippen LogP contribution < -0.4 is 0 Å². The first kappa shape index (κ1) is 10.2. The van der Waals surface area contributed by atoms with Gasteiger partial charge in [-0.1, -0.05) is 13.0 Å². The molecule has 0 N–H and O–H groups in total. The molecule has 78 valence electrons. The van der Waals surface area contributed by atoms with E-state index in [1.165, 1.54) is 27.8 Å². The maximum absolute atomic E-state index is 4.71. The van der Waals surface area contributed by atoms with E-state index in [2.05, 4.69) is 45.9 Å². The molecule has 1 nitrogen and oxygen atoms in total. The molecule has 1 heteroatoms. The van der Waals surface area contributed by atoms with Crippen molar-refractivity contribution in [1.29, 1.82) is 0 Å². The molecule has 0 aliphatic heterocycles. The topological polar surface area (TPSA) is 12.9 Å². The Labute approximate surface area is 91.2 Å². The lowest BCUT2D eigenvalue weighted by Crippen LogP contribution is -1.94. The molecule has 0 radical (unpaired) electrons. The number of benzene rings is 1. The zero-order valence-electron chi connectivity index (χ0n) is 9.89. The third-order valence-electron chi connectivity index (χ3n) is 2.92. The van der Waals surface area contributed by atoms with Crippen molar-refractivity contribution in [2.75, 3.05) is 0 Å². The van der Waals surface area contributed by atoms with Crippen LogP contribution in [0.4, 0.5) is 0 Å². The lowest BCUT2D eigenvalue weighted by molar-refractivity contribution is 1.03. The summed E-state index contributed by atoms with van der Waals surface area (Å²) in [7, 11) is 0. The number of hydrogen-bond acceptors (Lipinski definition) is 1. The smallest absolute Gasteiger partial charge is 0.0710 e. The van der Waals surface area contributed by atoms with Crippen LogP contribution in [0, 0.1) is 20.8 Å². The minimum Gasteiger partial charge on any atom is -0.253 e. The van der Waals surface area contributed by atoms with Crippen LogP contribution in [-0.4, -0.2) is 4.98 Å². The van der Waals surface area contributed by atoms with E-state index < -0.39 is 0 Å². The number of aryl methyl sites for hydroxylation is 4. The van der Waals surface area contributed by atoms with Crippen molar-refractivity contribution in [2.24, 2.45) is 0 Å². The molecule has 0 amide bonds. The lowest BCUT2D eigenvalue weighted by atomic mass is 10.0. The lowest BCUT2D eigenvalue weighted by Gasteiger charge is -2.08. The average molecular weight is 199 g/mol. The summed E-state index contributed by atoms with van der Waals surface area (Å²) >= 11 is 0. The first-order valence-corrected chi connectivity index (χ1v) is 5.49. The van der Waals surface area contributed by atoms with Crippen molar-refractivity contribution < 1.29 is 0 Å².